The van der Waals surface area contributed by atoms with E-state index in [4.69, 9.17) is 0 Å². The molecular weight excluding hydrogens is 420 g/mol. The molecule has 1 fully saturated rings. The molecule has 1 atom stereocenters. The van der Waals surface area contributed by atoms with Crippen molar-refractivity contribution in [1.82, 2.24) is 10.0 Å². The van der Waals surface area contributed by atoms with Gasteiger partial charge in [0.05, 0.1) is 10.9 Å². The molecule has 0 heterocycles. The first-order valence-electron chi connectivity index (χ1n) is 11.6. The summed E-state index contributed by atoms with van der Waals surface area (Å²) < 4.78 is 28.1. The van der Waals surface area contributed by atoms with E-state index in [1.54, 1.807) is 24.3 Å². The monoisotopic (exact) mass is 456 g/mol. The number of rotatable bonds is 8. The molecule has 1 aliphatic carbocycles. The van der Waals surface area contributed by atoms with Crippen molar-refractivity contribution >= 4 is 15.9 Å². The molecule has 5 nitrogen and oxygen atoms in total. The molecule has 1 unspecified atom stereocenters. The second kappa shape index (κ2) is 10.6. The molecular formula is C26H36N2O3S. The predicted molar refractivity (Wildman–Crippen MR) is 129 cm³/mol. The lowest BCUT2D eigenvalue weighted by Crippen LogP contribution is -2.36. The van der Waals surface area contributed by atoms with E-state index >= 15 is 0 Å². The van der Waals surface area contributed by atoms with E-state index < -0.39 is 10.0 Å². The van der Waals surface area contributed by atoms with Crippen LogP contribution in [0.1, 0.15) is 79.3 Å². The third kappa shape index (κ3) is 6.42. The number of benzene rings is 2. The summed E-state index contributed by atoms with van der Waals surface area (Å²) in [6.45, 7) is 8.26. The van der Waals surface area contributed by atoms with Crippen LogP contribution in [0.4, 0.5) is 0 Å². The zero-order valence-electron chi connectivity index (χ0n) is 19.7. The van der Waals surface area contributed by atoms with Gasteiger partial charge in [-0.2, -0.15) is 0 Å². The average Bonchev–Trinajstić information content (AvgIpc) is 2.75. The van der Waals surface area contributed by atoms with Crippen molar-refractivity contribution in [2.24, 2.45) is 0 Å². The number of carbonyl (C=O) groups excluding carboxylic acids is 1. The minimum absolute atomic E-state index is 0.00853. The third-order valence-corrected chi connectivity index (χ3v) is 8.06. The van der Waals surface area contributed by atoms with E-state index in [1.807, 2.05) is 6.92 Å². The fraction of sp³-hybridized carbons (Fsp3) is 0.500. The highest BCUT2D eigenvalue weighted by Gasteiger charge is 2.21. The molecule has 1 saturated carbocycles. The van der Waals surface area contributed by atoms with Crippen molar-refractivity contribution in [2.45, 2.75) is 89.6 Å². The van der Waals surface area contributed by atoms with Crippen LogP contribution in [0.15, 0.2) is 41.3 Å². The highest BCUT2D eigenvalue weighted by molar-refractivity contribution is 7.89. The van der Waals surface area contributed by atoms with E-state index in [9.17, 15) is 13.2 Å². The number of hydrogen-bond donors (Lipinski definition) is 2. The smallest absolute Gasteiger partial charge is 0.240 e. The molecule has 0 radical (unpaired) electrons. The Labute approximate surface area is 193 Å². The topological polar surface area (TPSA) is 75.3 Å². The van der Waals surface area contributed by atoms with E-state index in [2.05, 4.69) is 42.9 Å². The molecule has 1 aliphatic rings. The van der Waals surface area contributed by atoms with Gasteiger partial charge < -0.3 is 5.32 Å². The van der Waals surface area contributed by atoms with Crippen LogP contribution in [0.5, 0.6) is 0 Å². The fourth-order valence-electron chi connectivity index (χ4n) is 4.44. The Bertz CT molecular complexity index is 1040. The molecule has 174 valence electrons. The standard InChI is InChI=1S/C26H36N2O3S/c1-18-16-20(3)25(17-19(18)2)21(4)27-26(29)15-12-22-10-13-24(14-11-22)32(30,31)28-23-8-6-5-7-9-23/h10-11,13-14,16-17,21,23,28H,5-9,12,15H2,1-4H3,(H,27,29). The van der Waals surface area contributed by atoms with Crippen molar-refractivity contribution in [3.05, 3.63) is 64.2 Å². The lowest BCUT2D eigenvalue weighted by Gasteiger charge is -2.22. The largest absolute Gasteiger partial charge is 0.350 e. The second-order valence-electron chi connectivity index (χ2n) is 9.18. The van der Waals surface area contributed by atoms with Crippen LogP contribution in [0, 0.1) is 20.8 Å². The Kier molecular flexibility index (Phi) is 8.12. The molecule has 2 aromatic carbocycles. The van der Waals surface area contributed by atoms with Crippen LogP contribution >= 0.6 is 0 Å². The molecule has 32 heavy (non-hydrogen) atoms. The summed E-state index contributed by atoms with van der Waals surface area (Å²) in [7, 11) is -3.49. The Hall–Kier alpha value is -2.18. The Morgan fingerprint density at radius 2 is 1.59 bits per heavy atom. The zero-order valence-corrected chi connectivity index (χ0v) is 20.5. The van der Waals surface area contributed by atoms with Gasteiger partial charge in [-0.25, -0.2) is 13.1 Å². The number of aryl methyl sites for hydroxylation is 4. The minimum atomic E-state index is -3.49. The zero-order chi connectivity index (χ0) is 23.3. The Morgan fingerprint density at radius 1 is 0.969 bits per heavy atom. The van der Waals surface area contributed by atoms with Crippen molar-refractivity contribution < 1.29 is 13.2 Å². The molecule has 3 rings (SSSR count). The number of sulfonamides is 1. The molecule has 0 aromatic heterocycles. The number of nitrogens with one attached hydrogen (secondary N) is 2. The predicted octanol–water partition coefficient (Wildman–Crippen LogP) is 5.03. The molecule has 2 aromatic rings. The SMILES string of the molecule is Cc1cc(C)c(C(C)NC(=O)CCc2ccc(S(=O)(=O)NC3CCCCC3)cc2)cc1C. The summed E-state index contributed by atoms with van der Waals surface area (Å²) in [5, 5.41) is 3.09. The van der Waals surface area contributed by atoms with E-state index in [-0.39, 0.29) is 22.9 Å². The Morgan fingerprint density at radius 3 is 2.25 bits per heavy atom. The maximum absolute atomic E-state index is 12.6. The first-order chi connectivity index (χ1) is 15.2. The minimum Gasteiger partial charge on any atom is -0.350 e. The number of carbonyl (C=O) groups is 1. The lowest BCUT2D eigenvalue weighted by molar-refractivity contribution is -0.121. The molecule has 0 bridgehead atoms. The van der Waals surface area contributed by atoms with Crippen molar-refractivity contribution in [3.63, 3.8) is 0 Å². The molecule has 1 amide bonds. The van der Waals surface area contributed by atoms with Gasteiger partial charge in [0, 0.05) is 12.5 Å². The number of amides is 1. The van der Waals surface area contributed by atoms with E-state index in [1.165, 1.54) is 23.1 Å². The Balaban J connectivity index is 1.53. The van der Waals surface area contributed by atoms with Gasteiger partial charge in [0.15, 0.2) is 0 Å². The highest BCUT2D eigenvalue weighted by atomic mass is 32.2. The van der Waals surface area contributed by atoms with Crippen LogP contribution < -0.4 is 10.0 Å². The summed E-state index contributed by atoms with van der Waals surface area (Å²) in [5.74, 6) is -0.00853. The van der Waals surface area contributed by atoms with Gasteiger partial charge in [0.1, 0.15) is 0 Å². The van der Waals surface area contributed by atoms with Crippen molar-refractivity contribution in [1.29, 1.82) is 0 Å². The van der Waals surface area contributed by atoms with Crippen LogP contribution in [0.3, 0.4) is 0 Å². The van der Waals surface area contributed by atoms with Gasteiger partial charge in [0.25, 0.3) is 0 Å². The van der Waals surface area contributed by atoms with Crippen LogP contribution in [0.25, 0.3) is 0 Å². The van der Waals surface area contributed by atoms with Crippen molar-refractivity contribution in [3.8, 4) is 0 Å². The first kappa shape index (κ1) is 24.5. The maximum Gasteiger partial charge on any atom is 0.240 e. The summed E-state index contributed by atoms with van der Waals surface area (Å²) in [5.41, 5.74) is 5.75. The van der Waals surface area contributed by atoms with Gasteiger partial charge >= 0.3 is 0 Å². The number of hydrogen-bond acceptors (Lipinski definition) is 3. The summed E-state index contributed by atoms with van der Waals surface area (Å²) >= 11 is 0. The van der Waals surface area contributed by atoms with Crippen LogP contribution in [-0.4, -0.2) is 20.4 Å². The maximum atomic E-state index is 12.6. The van der Waals surface area contributed by atoms with Gasteiger partial charge in [-0.3, -0.25) is 4.79 Å². The molecule has 2 N–H and O–H groups in total. The van der Waals surface area contributed by atoms with E-state index in [0.717, 1.165) is 36.8 Å². The molecule has 0 spiro atoms. The van der Waals surface area contributed by atoms with Gasteiger partial charge in [-0.15, -0.1) is 0 Å². The summed E-state index contributed by atoms with van der Waals surface area (Å²) in [6, 6.07) is 11.2. The lowest BCUT2D eigenvalue weighted by atomic mass is 9.96. The summed E-state index contributed by atoms with van der Waals surface area (Å²) in [6.07, 6.45) is 6.09. The van der Waals surface area contributed by atoms with Gasteiger partial charge in [-0.1, -0.05) is 43.5 Å². The van der Waals surface area contributed by atoms with Gasteiger partial charge in [0.2, 0.25) is 15.9 Å². The average molecular weight is 457 g/mol. The first-order valence-corrected chi connectivity index (χ1v) is 13.1. The molecule has 0 aliphatic heterocycles. The van der Waals surface area contributed by atoms with Crippen molar-refractivity contribution in [2.75, 3.05) is 0 Å². The van der Waals surface area contributed by atoms with E-state index in [0.29, 0.717) is 12.8 Å². The highest BCUT2D eigenvalue weighted by Crippen LogP contribution is 2.22. The quantitative estimate of drug-likeness (QED) is 0.585. The van der Waals surface area contributed by atoms with Gasteiger partial charge in [-0.05, 0) is 86.9 Å². The third-order valence-electron chi connectivity index (χ3n) is 6.53. The molecule has 6 heteroatoms. The fourth-order valence-corrected chi connectivity index (χ4v) is 5.75. The van der Waals surface area contributed by atoms with Crippen LogP contribution in [-0.2, 0) is 21.2 Å². The van der Waals surface area contributed by atoms with Crippen LogP contribution in [0.2, 0.25) is 0 Å². The second-order valence-corrected chi connectivity index (χ2v) is 10.9. The summed E-state index contributed by atoms with van der Waals surface area (Å²) in [4.78, 5) is 12.8. The normalized spacial score (nSPS) is 16.0. The molecule has 0 saturated heterocycles.